The molecule has 0 unspecified atom stereocenters. The largest absolute Gasteiger partial charge is 0.497 e. The van der Waals surface area contributed by atoms with Crippen molar-refractivity contribution in [1.82, 2.24) is 19.1 Å². The van der Waals surface area contributed by atoms with E-state index in [9.17, 15) is 4.79 Å². The Bertz CT molecular complexity index is 1300. The number of aromatic nitrogens is 4. The second-order valence-corrected chi connectivity index (χ2v) is 8.94. The Kier molecular flexibility index (Phi) is 6.16. The highest BCUT2D eigenvalue weighted by molar-refractivity contribution is 5.77. The van der Waals surface area contributed by atoms with Gasteiger partial charge < -0.3 is 20.3 Å². The van der Waals surface area contributed by atoms with Crippen molar-refractivity contribution >= 4 is 23.1 Å². The van der Waals surface area contributed by atoms with Gasteiger partial charge in [-0.15, -0.1) is 5.92 Å². The van der Waals surface area contributed by atoms with E-state index in [0.29, 0.717) is 30.2 Å². The molecule has 1 saturated heterocycles. The van der Waals surface area contributed by atoms with Gasteiger partial charge in [-0.05, 0) is 43.9 Å². The van der Waals surface area contributed by atoms with Crippen molar-refractivity contribution in [2.45, 2.75) is 51.9 Å². The molecule has 0 aliphatic carbocycles. The highest BCUT2D eigenvalue weighted by Crippen LogP contribution is 2.28. The van der Waals surface area contributed by atoms with Crippen LogP contribution >= 0.6 is 0 Å². The Labute approximate surface area is 199 Å². The standard InChI is InChI=1S/C25H31N7O2/c1-3-4-14-31-21-22(27-24(31)30-12-5-7-19(26)17-30)32-15-6-13-29(25(32)28-23(21)33)16-18-8-10-20(34-2)11-9-18/h8-11,19H,5-7,12-17,26H2,1-2H3/t19-/m1/s1. The molecule has 2 aromatic heterocycles. The van der Waals surface area contributed by atoms with Crippen molar-refractivity contribution in [1.29, 1.82) is 0 Å². The Morgan fingerprint density at radius 2 is 1.94 bits per heavy atom. The molecule has 0 radical (unpaired) electrons. The molecular weight excluding hydrogens is 430 g/mol. The lowest BCUT2D eigenvalue weighted by atomic mass is 10.1. The topological polar surface area (TPSA) is 94.4 Å². The van der Waals surface area contributed by atoms with E-state index in [1.165, 1.54) is 0 Å². The Balaban J connectivity index is 1.58. The van der Waals surface area contributed by atoms with Gasteiger partial charge in [-0.2, -0.15) is 9.97 Å². The van der Waals surface area contributed by atoms with Gasteiger partial charge in [0.05, 0.1) is 13.7 Å². The number of aryl methyl sites for hydroxylation is 1. The van der Waals surface area contributed by atoms with E-state index in [-0.39, 0.29) is 11.6 Å². The van der Waals surface area contributed by atoms with Crippen LogP contribution in [0.4, 0.5) is 11.9 Å². The fourth-order valence-electron chi connectivity index (χ4n) is 4.94. The minimum absolute atomic E-state index is 0.102. The molecule has 5 rings (SSSR count). The van der Waals surface area contributed by atoms with Gasteiger partial charge in [-0.1, -0.05) is 18.1 Å². The van der Waals surface area contributed by atoms with E-state index in [0.717, 1.165) is 62.7 Å². The van der Waals surface area contributed by atoms with Crippen LogP contribution in [-0.4, -0.2) is 51.9 Å². The van der Waals surface area contributed by atoms with Crippen LogP contribution in [0.25, 0.3) is 11.2 Å². The van der Waals surface area contributed by atoms with Gasteiger partial charge in [0.15, 0.2) is 11.2 Å². The third-order valence-corrected chi connectivity index (χ3v) is 6.61. The summed E-state index contributed by atoms with van der Waals surface area (Å²) in [5.41, 5.74) is 8.33. The van der Waals surface area contributed by atoms with Gasteiger partial charge in [0.25, 0.3) is 0 Å². The van der Waals surface area contributed by atoms with Crippen molar-refractivity contribution in [2.24, 2.45) is 5.73 Å². The molecule has 1 fully saturated rings. The van der Waals surface area contributed by atoms with Crippen LogP contribution in [-0.2, 0) is 19.6 Å². The number of hydrogen-bond donors (Lipinski definition) is 1. The molecule has 0 saturated carbocycles. The zero-order chi connectivity index (χ0) is 23.7. The van der Waals surface area contributed by atoms with E-state index in [1.54, 1.807) is 14.0 Å². The number of imidazole rings is 1. The summed E-state index contributed by atoms with van der Waals surface area (Å²) >= 11 is 0. The van der Waals surface area contributed by atoms with Crippen molar-refractivity contribution < 1.29 is 4.74 Å². The number of benzene rings is 1. The van der Waals surface area contributed by atoms with Gasteiger partial charge in [0.1, 0.15) is 5.75 Å². The van der Waals surface area contributed by atoms with E-state index >= 15 is 0 Å². The summed E-state index contributed by atoms with van der Waals surface area (Å²) < 4.78 is 9.29. The first-order valence-corrected chi connectivity index (χ1v) is 11.9. The molecule has 1 atom stereocenters. The molecule has 9 heteroatoms. The third-order valence-electron chi connectivity index (χ3n) is 6.61. The first-order valence-electron chi connectivity index (χ1n) is 11.9. The van der Waals surface area contributed by atoms with Crippen LogP contribution in [0.1, 0.15) is 31.7 Å². The van der Waals surface area contributed by atoms with Crippen molar-refractivity contribution in [3.05, 3.63) is 40.2 Å². The summed E-state index contributed by atoms with van der Waals surface area (Å²) in [7, 11) is 1.66. The summed E-state index contributed by atoms with van der Waals surface area (Å²) in [6.45, 7) is 6.07. The van der Waals surface area contributed by atoms with E-state index in [2.05, 4.69) is 31.2 Å². The zero-order valence-electron chi connectivity index (χ0n) is 19.8. The number of anilines is 2. The Morgan fingerprint density at radius 3 is 2.68 bits per heavy atom. The number of fused-ring (bicyclic) bond motifs is 3. The monoisotopic (exact) mass is 461 g/mol. The summed E-state index contributed by atoms with van der Waals surface area (Å²) in [5, 5.41) is 0. The van der Waals surface area contributed by atoms with Gasteiger partial charge in [-0.3, -0.25) is 13.9 Å². The summed E-state index contributed by atoms with van der Waals surface area (Å²) in [6.07, 6.45) is 2.96. The Hall–Kier alpha value is -3.51. The van der Waals surface area contributed by atoms with Gasteiger partial charge in [0, 0.05) is 38.8 Å². The molecule has 0 amide bonds. The fourth-order valence-corrected chi connectivity index (χ4v) is 4.94. The van der Waals surface area contributed by atoms with Crippen molar-refractivity contribution in [2.75, 3.05) is 36.5 Å². The smallest absolute Gasteiger partial charge is 0.300 e. The van der Waals surface area contributed by atoms with Crippen LogP contribution in [0.5, 0.6) is 5.75 Å². The fraction of sp³-hybridized carbons (Fsp3) is 0.480. The first kappa shape index (κ1) is 22.3. The lowest BCUT2D eigenvalue weighted by molar-refractivity contribution is 0.414. The molecule has 4 heterocycles. The van der Waals surface area contributed by atoms with Crippen LogP contribution in [0.3, 0.4) is 0 Å². The van der Waals surface area contributed by atoms with E-state index in [4.69, 9.17) is 15.5 Å². The van der Waals surface area contributed by atoms with Gasteiger partial charge in [0.2, 0.25) is 11.9 Å². The van der Waals surface area contributed by atoms with Crippen LogP contribution in [0.2, 0.25) is 0 Å². The number of piperidine rings is 1. The van der Waals surface area contributed by atoms with Crippen LogP contribution in [0, 0.1) is 11.8 Å². The average Bonchev–Trinajstić information content (AvgIpc) is 3.24. The van der Waals surface area contributed by atoms with Gasteiger partial charge >= 0.3 is 5.56 Å². The highest BCUT2D eigenvalue weighted by atomic mass is 16.5. The number of methoxy groups -OCH3 is 1. The minimum atomic E-state index is -0.263. The molecule has 2 aliphatic heterocycles. The SMILES string of the molecule is CC#CCn1c(N2CCC[C@@H](N)C2)nc2c1c(=O)nc1n2CCCN1Cc1ccc(OC)cc1. The lowest BCUT2D eigenvalue weighted by Crippen LogP contribution is -2.44. The maximum absolute atomic E-state index is 13.4. The summed E-state index contributed by atoms with van der Waals surface area (Å²) in [5.74, 6) is 8.32. The molecule has 2 N–H and O–H groups in total. The molecule has 2 aliphatic rings. The molecule has 3 aromatic rings. The quantitative estimate of drug-likeness (QED) is 0.581. The van der Waals surface area contributed by atoms with Crippen LogP contribution < -0.4 is 25.8 Å². The number of nitrogens with zero attached hydrogens (tertiary/aromatic N) is 6. The van der Waals surface area contributed by atoms with Crippen molar-refractivity contribution in [3.63, 3.8) is 0 Å². The maximum atomic E-state index is 13.4. The molecule has 34 heavy (non-hydrogen) atoms. The number of rotatable bonds is 5. The van der Waals surface area contributed by atoms with Crippen LogP contribution in [0.15, 0.2) is 29.1 Å². The third kappa shape index (κ3) is 4.10. The molecule has 0 spiro atoms. The van der Waals surface area contributed by atoms with Gasteiger partial charge in [-0.25, -0.2) is 0 Å². The predicted molar refractivity (Wildman–Crippen MR) is 133 cm³/mol. The van der Waals surface area contributed by atoms with E-state index < -0.39 is 0 Å². The lowest BCUT2D eigenvalue weighted by Gasteiger charge is -2.31. The molecule has 178 valence electrons. The molecule has 0 bridgehead atoms. The normalized spacial score (nSPS) is 17.9. The highest BCUT2D eigenvalue weighted by Gasteiger charge is 2.28. The number of nitrogens with two attached hydrogens (primary N) is 1. The predicted octanol–water partition coefficient (Wildman–Crippen LogP) is 1.96. The molecular formula is C25H31N7O2. The second kappa shape index (κ2) is 9.39. The zero-order valence-corrected chi connectivity index (χ0v) is 19.8. The maximum Gasteiger partial charge on any atom is 0.300 e. The molecule has 1 aromatic carbocycles. The van der Waals surface area contributed by atoms with E-state index in [1.807, 2.05) is 28.8 Å². The second-order valence-electron chi connectivity index (χ2n) is 8.94. The first-order chi connectivity index (χ1) is 16.6. The number of hydrogen-bond acceptors (Lipinski definition) is 7. The van der Waals surface area contributed by atoms with Crippen molar-refractivity contribution in [3.8, 4) is 17.6 Å². The average molecular weight is 462 g/mol. The molecule has 9 nitrogen and oxygen atoms in total. The minimum Gasteiger partial charge on any atom is -0.497 e. The summed E-state index contributed by atoms with van der Waals surface area (Å²) in [6, 6.07) is 8.10. The number of ether oxygens (including phenoxy) is 1. The summed E-state index contributed by atoms with van der Waals surface area (Å²) in [4.78, 5) is 27.3. The Morgan fingerprint density at radius 1 is 1.12 bits per heavy atom.